The molecule has 2 fully saturated rings. The Morgan fingerprint density at radius 1 is 1.03 bits per heavy atom. The molecular formula is C27H29F3O5S. The van der Waals surface area contributed by atoms with Gasteiger partial charge in [-0.05, 0) is 109 Å². The van der Waals surface area contributed by atoms with Crippen LogP contribution in [0.3, 0.4) is 0 Å². The topological polar surface area (TPSA) is 69.7 Å². The number of aryl methyl sites for hydroxylation is 1. The lowest BCUT2D eigenvalue weighted by molar-refractivity contribution is -0.271. The number of carbonyl (C=O) groups is 1. The van der Waals surface area contributed by atoms with Gasteiger partial charge in [-0.3, -0.25) is 4.79 Å². The lowest BCUT2D eigenvalue weighted by Crippen LogP contribution is -2.44. The summed E-state index contributed by atoms with van der Waals surface area (Å²) in [6.45, 7) is 2.24. The zero-order valence-corrected chi connectivity index (χ0v) is 21.0. The number of ether oxygens (including phenoxy) is 1. The van der Waals surface area contributed by atoms with E-state index in [1.165, 1.54) is 12.1 Å². The Labute approximate surface area is 209 Å². The number of hydrogen-bond donors (Lipinski definition) is 0. The Kier molecular flexibility index (Phi) is 6.23. The zero-order chi connectivity index (χ0) is 25.9. The molecule has 0 aromatic heterocycles. The van der Waals surface area contributed by atoms with Crippen molar-refractivity contribution in [2.24, 2.45) is 23.2 Å². The van der Waals surface area contributed by atoms with E-state index in [4.69, 9.17) is 4.74 Å². The molecule has 36 heavy (non-hydrogen) atoms. The molecule has 0 spiro atoms. The highest BCUT2D eigenvalue weighted by Crippen LogP contribution is 2.63. The van der Waals surface area contributed by atoms with Gasteiger partial charge in [0.05, 0.1) is 12.0 Å². The van der Waals surface area contributed by atoms with E-state index >= 15 is 0 Å². The number of halogens is 3. The van der Waals surface area contributed by atoms with Gasteiger partial charge >= 0.3 is 16.5 Å². The van der Waals surface area contributed by atoms with Crippen LogP contribution in [0.5, 0.6) is 5.75 Å². The predicted molar refractivity (Wildman–Crippen MR) is 126 cm³/mol. The Morgan fingerprint density at radius 2 is 1.75 bits per heavy atom. The molecule has 3 aliphatic rings. The molecule has 0 saturated heterocycles. The van der Waals surface area contributed by atoms with Crippen LogP contribution in [-0.2, 0) is 20.7 Å². The van der Waals surface area contributed by atoms with Crippen LogP contribution in [0.15, 0.2) is 47.4 Å². The van der Waals surface area contributed by atoms with Crippen molar-refractivity contribution in [3.8, 4) is 5.75 Å². The lowest BCUT2D eigenvalue weighted by Gasteiger charge is -2.50. The van der Waals surface area contributed by atoms with Gasteiger partial charge in [0.2, 0.25) is 0 Å². The summed E-state index contributed by atoms with van der Waals surface area (Å²) >= 11 is 0. The highest BCUT2D eigenvalue weighted by Gasteiger charge is 2.56. The van der Waals surface area contributed by atoms with E-state index in [0.717, 1.165) is 43.2 Å². The molecule has 5 atom stereocenters. The van der Waals surface area contributed by atoms with E-state index in [9.17, 15) is 26.4 Å². The van der Waals surface area contributed by atoms with Gasteiger partial charge in [0, 0.05) is 11.5 Å². The van der Waals surface area contributed by atoms with Crippen LogP contribution in [0.4, 0.5) is 13.2 Å². The van der Waals surface area contributed by atoms with Crippen LogP contribution in [0.2, 0.25) is 0 Å². The quantitative estimate of drug-likeness (QED) is 0.342. The monoisotopic (exact) mass is 522 g/mol. The summed E-state index contributed by atoms with van der Waals surface area (Å²) in [4.78, 5) is 13.0. The van der Waals surface area contributed by atoms with Gasteiger partial charge < -0.3 is 4.74 Å². The SMILES string of the molecule is COc1ccc(C(=O)[C@H]2CC[C@H]3[C@@H]4CCc5cc(S(=O)(=O)OC(F)(F)F)ccc5[C@H]4CC[C@]23C)cc1. The molecule has 5 nitrogen and oxygen atoms in total. The number of carbonyl (C=O) groups excluding carboxylic acids is 1. The number of benzene rings is 2. The number of methoxy groups -OCH3 is 1. The smallest absolute Gasteiger partial charge is 0.497 e. The van der Waals surface area contributed by atoms with E-state index in [2.05, 4.69) is 11.1 Å². The highest BCUT2D eigenvalue weighted by atomic mass is 32.2. The van der Waals surface area contributed by atoms with Crippen LogP contribution in [-0.4, -0.2) is 27.7 Å². The maximum absolute atomic E-state index is 13.5. The van der Waals surface area contributed by atoms with Crippen molar-refractivity contribution >= 4 is 15.9 Å². The fraction of sp³-hybridized carbons (Fsp3) is 0.519. The number of alkyl halides is 3. The van der Waals surface area contributed by atoms with Crippen molar-refractivity contribution in [2.75, 3.05) is 7.11 Å². The average Bonchev–Trinajstić information content (AvgIpc) is 3.19. The van der Waals surface area contributed by atoms with E-state index < -0.39 is 21.4 Å². The molecule has 0 unspecified atom stereocenters. The minimum absolute atomic E-state index is 0.0507. The fourth-order valence-corrected chi connectivity index (χ4v) is 8.14. The molecule has 0 heterocycles. The molecule has 0 bridgehead atoms. The summed E-state index contributed by atoms with van der Waals surface area (Å²) in [5.41, 5.74) is 2.38. The molecule has 194 valence electrons. The van der Waals surface area contributed by atoms with Crippen LogP contribution < -0.4 is 4.74 Å². The molecule has 2 aromatic rings. The molecule has 0 N–H and O–H groups in total. The zero-order valence-electron chi connectivity index (χ0n) is 20.2. The summed E-state index contributed by atoms with van der Waals surface area (Å²) in [6.07, 6.45) is -0.305. The fourth-order valence-electron chi connectivity index (χ4n) is 7.27. The van der Waals surface area contributed by atoms with Crippen molar-refractivity contribution in [1.29, 1.82) is 0 Å². The first-order valence-electron chi connectivity index (χ1n) is 12.3. The van der Waals surface area contributed by atoms with Crippen LogP contribution in [0, 0.1) is 23.2 Å². The number of Topliss-reactive ketones (excluding diaryl/α,β-unsaturated/α-hetero) is 1. The van der Waals surface area contributed by atoms with Crippen molar-refractivity contribution in [1.82, 2.24) is 0 Å². The van der Waals surface area contributed by atoms with E-state index in [0.29, 0.717) is 29.6 Å². The molecule has 0 aliphatic heterocycles. The first kappa shape index (κ1) is 25.3. The predicted octanol–water partition coefficient (Wildman–Crippen LogP) is 6.28. The van der Waals surface area contributed by atoms with Crippen LogP contribution in [0.1, 0.15) is 66.4 Å². The first-order chi connectivity index (χ1) is 16.9. The third-order valence-corrected chi connectivity index (χ3v) is 10.1. The van der Waals surface area contributed by atoms with Crippen molar-refractivity contribution in [2.45, 2.75) is 62.6 Å². The molecule has 0 radical (unpaired) electrons. The van der Waals surface area contributed by atoms with Gasteiger partial charge in [-0.25, -0.2) is 0 Å². The minimum Gasteiger partial charge on any atom is -0.497 e. The second kappa shape index (κ2) is 8.87. The van der Waals surface area contributed by atoms with Crippen molar-refractivity contribution < 1.29 is 35.3 Å². The summed E-state index contributed by atoms with van der Waals surface area (Å²) in [6, 6.07) is 11.5. The van der Waals surface area contributed by atoms with Crippen LogP contribution in [0.25, 0.3) is 0 Å². The normalized spacial score (nSPS) is 29.7. The Bertz CT molecular complexity index is 1270. The van der Waals surface area contributed by atoms with Gasteiger partial charge in [-0.15, -0.1) is 13.2 Å². The van der Waals surface area contributed by atoms with Crippen molar-refractivity contribution in [3.05, 3.63) is 59.2 Å². The molecule has 5 rings (SSSR count). The van der Waals surface area contributed by atoms with Crippen molar-refractivity contribution in [3.63, 3.8) is 0 Å². The van der Waals surface area contributed by atoms with Gasteiger partial charge in [-0.1, -0.05) is 13.0 Å². The number of hydrogen-bond acceptors (Lipinski definition) is 5. The standard InChI is InChI=1S/C27H29F3O5S/c1-26-14-13-21-20-10-8-19(36(32,33)35-27(28,29)30)15-17(20)5-9-22(21)23(26)11-12-24(26)25(31)16-3-6-18(34-2)7-4-16/h3-4,6-8,10,15,21-24H,5,9,11-14H2,1-2H3/t21-,22-,23+,24-,26+/m1/s1. The van der Waals surface area contributed by atoms with E-state index in [1.54, 1.807) is 13.2 Å². The Hall–Kier alpha value is -2.39. The summed E-state index contributed by atoms with van der Waals surface area (Å²) in [5.74, 6) is 1.78. The molecule has 2 aromatic carbocycles. The summed E-state index contributed by atoms with van der Waals surface area (Å²) < 4.78 is 70.4. The number of ketones is 1. The largest absolute Gasteiger partial charge is 0.537 e. The second-order valence-electron chi connectivity index (χ2n) is 10.5. The van der Waals surface area contributed by atoms with Crippen LogP contribution >= 0.6 is 0 Å². The second-order valence-corrected chi connectivity index (χ2v) is 12.1. The van der Waals surface area contributed by atoms with E-state index in [-0.39, 0.29) is 23.0 Å². The molecule has 9 heteroatoms. The highest BCUT2D eigenvalue weighted by molar-refractivity contribution is 7.86. The minimum atomic E-state index is -5.27. The third-order valence-electron chi connectivity index (χ3n) is 8.88. The maximum atomic E-state index is 13.5. The third kappa shape index (κ3) is 4.34. The molecule has 2 saturated carbocycles. The van der Waals surface area contributed by atoms with Gasteiger partial charge in [0.1, 0.15) is 5.75 Å². The maximum Gasteiger partial charge on any atom is 0.537 e. The number of rotatable bonds is 5. The lowest BCUT2D eigenvalue weighted by atomic mass is 9.53. The summed E-state index contributed by atoms with van der Waals surface area (Å²) in [5, 5.41) is 0. The number of fused-ring (bicyclic) bond motifs is 5. The average molecular weight is 523 g/mol. The molecule has 3 aliphatic carbocycles. The molecular weight excluding hydrogens is 493 g/mol. The first-order valence-corrected chi connectivity index (χ1v) is 13.7. The summed E-state index contributed by atoms with van der Waals surface area (Å²) in [7, 11) is -3.33. The van der Waals surface area contributed by atoms with Gasteiger partial charge in [-0.2, -0.15) is 12.6 Å². The Morgan fingerprint density at radius 3 is 2.42 bits per heavy atom. The van der Waals surface area contributed by atoms with E-state index in [1.807, 2.05) is 24.3 Å². The van der Waals surface area contributed by atoms with Gasteiger partial charge in [0.15, 0.2) is 5.78 Å². The van der Waals surface area contributed by atoms with Gasteiger partial charge in [0.25, 0.3) is 0 Å². The molecule has 0 amide bonds. The Balaban J connectivity index is 1.37.